The maximum atomic E-state index is 13.6. The molecule has 0 saturated carbocycles. The molecule has 1 aliphatic rings. The maximum Gasteiger partial charge on any atom is 0.410 e. The third-order valence-electron chi connectivity index (χ3n) is 4.44. The molecule has 2 heterocycles. The summed E-state index contributed by atoms with van der Waals surface area (Å²) >= 11 is 0. The van der Waals surface area contributed by atoms with Gasteiger partial charge in [0.25, 0.3) is 5.91 Å². The van der Waals surface area contributed by atoms with Crippen LogP contribution in [0.15, 0.2) is 30.3 Å². The Morgan fingerprint density at radius 3 is 2.65 bits per heavy atom. The van der Waals surface area contributed by atoms with Crippen LogP contribution in [0.2, 0.25) is 0 Å². The van der Waals surface area contributed by atoms with Gasteiger partial charge in [0, 0.05) is 19.0 Å². The standard InChI is InChI=1S/C18H21F3N4O/c1-3-8-22-17(26)14-10-16-23-13(12-6-4-11(2)5-7-12)9-15(18(19,20)21)25(16)24-14/h4-7,10,13,15,23H,3,8-9H2,1-2H3,(H,22,26)/t13-,15-/m0/s1. The molecule has 2 N–H and O–H groups in total. The zero-order valence-electron chi connectivity index (χ0n) is 14.6. The second-order valence-electron chi connectivity index (χ2n) is 6.52. The number of fused-ring (bicyclic) bond motifs is 1. The molecule has 3 rings (SSSR count). The molecule has 1 aliphatic heterocycles. The molecule has 26 heavy (non-hydrogen) atoms. The average molecular weight is 366 g/mol. The van der Waals surface area contributed by atoms with Crippen molar-refractivity contribution in [2.45, 2.75) is 44.9 Å². The van der Waals surface area contributed by atoms with Crippen molar-refractivity contribution in [3.8, 4) is 0 Å². The van der Waals surface area contributed by atoms with Crippen LogP contribution in [0.4, 0.5) is 19.0 Å². The molecule has 0 spiro atoms. The minimum atomic E-state index is -4.46. The van der Waals surface area contributed by atoms with Crippen molar-refractivity contribution in [3.05, 3.63) is 47.2 Å². The summed E-state index contributed by atoms with van der Waals surface area (Å²) in [6, 6.07) is 6.48. The number of rotatable bonds is 4. The number of anilines is 1. The average Bonchev–Trinajstić information content (AvgIpc) is 3.02. The zero-order chi connectivity index (χ0) is 18.9. The molecule has 0 saturated heterocycles. The number of amides is 1. The van der Waals surface area contributed by atoms with Gasteiger partial charge in [-0.05, 0) is 18.9 Å². The normalized spacial score (nSPS) is 19.6. The highest BCUT2D eigenvalue weighted by Crippen LogP contribution is 2.43. The van der Waals surface area contributed by atoms with Gasteiger partial charge in [0.1, 0.15) is 5.82 Å². The van der Waals surface area contributed by atoms with Crippen LogP contribution in [0.25, 0.3) is 0 Å². The molecule has 1 aromatic heterocycles. The molecule has 1 aromatic carbocycles. The van der Waals surface area contributed by atoms with Crippen molar-refractivity contribution in [2.75, 3.05) is 11.9 Å². The summed E-state index contributed by atoms with van der Waals surface area (Å²) < 4.78 is 41.7. The number of hydrogen-bond acceptors (Lipinski definition) is 3. The lowest BCUT2D eigenvalue weighted by atomic mass is 9.96. The minimum absolute atomic E-state index is 0.0141. The first-order chi connectivity index (χ1) is 12.3. The molecule has 1 amide bonds. The molecular formula is C18H21F3N4O. The Hall–Kier alpha value is -2.51. The van der Waals surface area contributed by atoms with E-state index in [1.165, 1.54) is 6.07 Å². The predicted molar refractivity (Wildman–Crippen MR) is 92.1 cm³/mol. The first kappa shape index (κ1) is 18.3. The van der Waals surface area contributed by atoms with E-state index in [4.69, 9.17) is 0 Å². The molecule has 2 atom stereocenters. The number of aryl methyl sites for hydroxylation is 1. The highest BCUT2D eigenvalue weighted by Gasteiger charge is 2.46. The molecule has 0 unspecified atom stereocenters. The van der Waals surface area contributed by atoms with Crippen molar-refractivity contribution in [1.82, 2.24) is 15.1 Å². The quantitative estimate of drug-likeness (QED) is 0.860. The lowest BCUT2D eigenvalue weighted by Crippen LogP contribution is -2.35. The molecular weight excluding hydrogens is 345 g/mol. The van der Waals surface area contributed by atoms with Crippen LogP contribution < -0.4 is 10.6 Å². The number of carbonyl (C=O) groups excluding carboxylic acids is 1. The van der Waals surface area contributed by atoms with Crippen molar-refractivity contribution in [2.24, 2.45) is 0 Å². The second kappa shape index (κ2) is 7.01. The van der Waals surface area contributed by atoms with Crippen molar-refractivity contribution >= 4 is 11.7 Å². The van der Waals surface area contributed by atoms with Gasteiger partial charge in [-0.25, -0.2) is 4.68 Å². The molecule has 0 bridgehead atoms. The van der Waals surface area contributed by atoms with Crippen LogP contribution in [0.1, 0.15) is 53.5 Å². The monoisotopic (exact) mass is 366 g/mol. The Labute approximate surface area is 149 Å². The van der Waals surface area contributed by atoms with Gasteiger partial charge in [0.2, 0.25) is 0 Å². The van der Waals surface area contributed by atoms with Crippen LogP contribution in [-0.2, 0) is 0 Å². The van der Waals surface area contributed by atoms with Crippen LogP contribution in [0.5, 0.6) is 0 Å². The third kappa shape index (κ3) is 3.68. The van der Waals surface area contributed by atoms with Crippen molar-refractivity contribution in [1.29, 1.82) is 0 Å². The summed E-state index contributed by atoms with van der Waals surface area (Å²) in [6.45, 7) is 4.27. The van der Waals surface area contributed by atoms with E-state index >= 15 is 0 Å². The fourth-order valence-corrected chi connectivity index (χ4v) is 3.03. The Kier molecular flexibility index (Phi) is 4.93. The lowest BCUT2D eigenvalue weighted by molar-refractivity contribution is -0.173. The molecule has 140 valence electrons. The molecule has 8 heteroatoms. The van der Waals surface area contributed by atoms with E-state index in [2.05, 4.69) is 15.7 Å². The number of carbonyl (C=O) groups is 1. The molecule has 0 fully saturated rings. The first-order valence-corrected chi connectivity index (χ1v) is 8.57. The van der Waals surface area contributed by atoms with Gasteiger partial charge in [-0.3, -0.25) is 4.79 Å². The van der Waals surface area contributed by atoms with Crippen LogP contribution in [0.3, 0.4) is 0 Å². The minimum Gasteiger partial charge on any atom is -0.363 e. The third-order valence-corrected chi connectivity index (χ3v) is 4.44. The Balaban J connectivity index is 1.93. The number of halogens is 3. The van der Waals surface area contributed by atoms with Gasteiger partial charge in [-0.2, -0.15) is 18.3 Å². The fourth-order valence-electron chi connectivity index (χ4n) is 3.03. The van der Waals surface area contributed by atoms with Gasteiger partial charge in [-0.1, -0.05) is 36.8 Å². The van der Waals surface area contributed by atoms with Gasteiger partial charge >= 0.3 is 6.18 Å². The van der Waals surface area contributed by atoms with Gasteiger partial charge in [0.05, 0.1) is 6.04 Å². The van der Waals surface area contributed by atoms with Gasteiger partial charge < -0.3 is 10.6 Å². The van der Waals surface area contributed by atoms with E-state index in [-0.39, 0.29) is 17.9 Å². The highest BCUT2D eigenvalue weighted by atomic mass is 19.4. The molecule has 0 radical (unpaired) electrons. The van der Waals surface area contributed by atoms with E-state index < -0.39 is 24.2 Å². The number of hydrogen-bond donors (Lipinski definition) is 2. The van der Waals surface area contributed by atoms with E-state index in [1.807, 2.05) is 38.1 Å². The molecule has 5 nitrogen and oxygen atoms in total. The van der Waals surface area contributed by atoms with Gasteiger partial charge in [-0.15, -0.1) is 0 Å². The number of nitrogens with zero attached hydrogens (tertiary/aromatic N) is 2. The number of alkyl halides is 3. The van der Waals surface area contributed by atoms with E-state index in [0.717, 1.165) is 22.2 Å². The molecule has 2 aromatic rings. The summed E-state index contributed by atoms with van der Waals surface area (Å²) in [7, 11) is 0. The topological polar surface area (TPSA) is 59.0 Å². The Morgan fingerprint density at radius 2 is 2.04 bits per heavy atom. The maximum absolute atomic E-state index is 13.6. The number of benzene rings is 1. The summed E-state index contributed by atoms with van der Waals surface area (Å²) in [6.07, 6.45) is -3.90. The van der Waals surface area contributed by atoms with E-state index in [0.29, 0.717) is 6.54 Å². The summed E-state index contributed by atoms with van der Waals surface area (Å²) in [5.74, 6) is -0.269. The SMILES string of the molecule is CCCNC(=O)c1cc2n(n1)[C@H](C(F)(F)F)C[C@@H](c1ccc(C)cc1)N2. The van der Waals surface area contributed by atoms with Gasteiger partial charge in [0.15, 0.2) is 11.7 Å². The fraction of sp³-hybridized carbons (Fsp3) is 0.444. The van der Waals surface area contributed by atoms with E-state index in [9.17, 15) is 18.0 Å². The summed E-state index contributed by atoms with van der Waals surface area (Å²) in [4.78, 5) is 12.1. The van der Waals surface area contributed by atoms with Crippen molar-refractivity contribution < 1.29 is 18.0 Å². The van der Waals surface area contributed by atoms with Crippen molar-refractivity contribution in [3.63, 3.8) is 0 Å². The first-order valence-electron chi connectivity index (χ1n) is 8.57. The smallest absolute Gasteiger partial charge is 0.363 e. The lowest BCUT2D eigenvalue weighted by Gasteiger charge is -2.33. The van der Waals surface area contributed by atoms with Crippen LogP contribution in [0, 0.1) is 6.92 Å². The Morgan fingerprint density at radius 1 is 1.35 bits per heavy atom. The number of aromatic nitrogens is 2. The Bertz CT molecular complexity index is 783. The van der Waals surface area contributed by atoms with E-state index in [1.54, 1.807) is 0 Å². The highest BCUT2D eigenvalue weighted by molar-refractivity contribution is 5.93. The zero-order valence-corrected chi connectivity index (χ0v) is 14.6. The van der Waals surface area contributed by atoms with Crippen LogP contribution in [-0.4, -0.2) is 28.4 Å². The summed E-state index contributed by atoms with van der Waals surface area (Å²) in [5, 5.41) is 9.64. The van der Waals surface area contributed by atoms with Crippen LogP contribution >= 0.6 is 0 Å². The number of nitrogens with one attached hydrogen (secondary N) is 2. The molecule has 0 aliphatic carbocycles. The predicted octanol–water partition coefficient (Wildman–Crippen LogP) is 3.99. The summed E-state index contributed by atoms with van der Waals surface area (Å²) in [5.41, 5.74) is 1.80. The largest absolute Gasteiger partial charge is 0.410 e. The second-order valence-corrected chi connectivity index (χ2v) is 6.52.